The lowest BCUT2D eigenvalue weighted by Gasteiger charge is -2.33. The Labute approximate surface area is 163 Å². The molecule has 6 heteroatoms. The number of carboxylic acid groups (broad SMARTS) is 1. The van der Waals surface area contributed by atoms with Crippen molar-refractivity contribution in [3.8, 4) is 0 Å². The van der Waals surface area contributed by atoms with Crippen molar-refractivity contribution >= 4 is 34.9 Å². The van der Waals surface area contributed by atoms with Gasteiger partial charge in [0.1, 0.15) is 0 Å². The van der Waals surface area contributed by atoms with Gasteiger partial charge in [-0.3, -0.25) is 4.79 Å². The largest absolute Gasteiger partial charge is 0.478 e. The van der Waals surface area contributed by atoms with E-state index in [0.29, 0.717) is 10.6 Å². The fourth-order valence-electron chi connectivity index (χ4n) is 3.41. The average molecular weight is 387 g/mol. The van der Waals surface area contributed by atoms with Gasteiger partial charge in [0, 0.05) is 29.4 Å². The zero-order valence-corrected chi connectivity index (χ0v) is 16.0. The molecular weight excluding hydrogens is 364 g/mol. The maximum absolute atomic E-state index is 12.4. The van der Waals surface area contributed by atoms with E-state index in [-0.39, 0.29) is 17.2 Å². The van der Waals surface area contributed by atoms with E-state index in [4.69, 9.17) is 11.6 Å². The summed E-state index contributed by atoms with van der Waals surface area (Å²) in [5.74, 6) is -0.685. The molecule has 0 radical (unpaired) electrons. The number of amides is 1. The van der Waals surface area contributed by atoms with Crippen LogP contribution < -0.4 is 10.2 Å². The van der Waals surface area contributed by atoms with Gasteiger partial charge in [0.15, 0.2) is 0 Å². The number of rotatable bonds is 5. The third kappa shape index (κ3) is 4.61. The molecule has 0 spiro atoms. The number of halogens is 1. The molecule has 2 aromatic carbocycles. The first-order chi connectivity index (χ1) is 13.0. The Morgan fingerprint density at radius 1 is 1.15 bits per heavy atom. The van der Waals surface area contributed by atoms with Crippen LogP contribution in [0.3, 0.4) is 0 Å². The number of carbonyl (C=O) groups is 2. The Morgan fingerprint density at radius 2 is 1.81 bits per heavy atom. The molecule has 27 heavy (non-hydrogen) atoms. The molecule has 1 heterocycles. The smallest absolute Gasteiger partial charge is 0.337 e. The third-order valence-electron chi connectivity index (χ3n) is 5.15. The van der Waals surface area contributed by atoms with Crippen molar-refractivity contribution in [2.24, 2.45) is 5.92 Å². The van der Waals surface area contributed by atoms with Crippen molar-refractivity contribution in [3.05, 3.63) is 58.6 Å². The van der Waals surface area contributed by atoms with Crippen LogP contribution in [0.5, 0.6) is 0 Å². The second kappa shape index (κ2) is 8.44. The summed E-state index contributed by atoms with van der Waals surface area (Å²) in [4.78, 5) is 26.3. The highest BCUT2D eigenvalue weighted by molar-refractivity contribution is 6.30. The molecule has 0 aliphatic carbocycles. The molecule has 142 valence electrons. The van der Waals surface area contributed by atoms with E-state index in [1.54, 1.807) is 36.4 Å². The number of anilines is 2. The van der Waals surface area contributed by atoms with Crippen molar-refractivity contribution in [3.63, 3.8) is 0 Å². The van der Waals surface area contributed by atoms with Crippen LogP contribution in [-0.4, -0.2) is 30.1 Å². The Balaban J connectivity index is 1.79. The molecule has 2 N–H and O–H groups in total. The molecule has 0 aromatic heterocycles. The summed E-state index contributed by atoms with van der Waals surface area (Å²) < 4.78 is 0. The zero-order valence-electron chi connectivity index (χ0n) is 15.2. The predicted molar refractivity (Wildman–Crippen MR) is 108 cm³/mol. The highest BCUT2D eigenvalue weighted by Gasteiger charge is 2.21. The minimum Gasteiger partial charge on any atom is -0.478 e. The molecule has 2 aromatic rings. The van der Waals surface area contributed by atoms with Gasteiger partial charge in [-0.2, -0.15) is 0 Å². The SMILES string of the molecule is CCC1CCN(c2ccc(NC(=O)c3ccc(Cl)cc3)c(C(=O)O)c2)CC1. The summed E-state index contributed by atoms with van der Waals surface area (Å²) >= 11 is 5.84. The van der Waals surface area contributed by atoms with E-state index in [0.717, 1.165) is 37.5 Å². The Morgan fingerprint density at radius 3 is 2.41 bits per heavy atom. The van der Waals surface area contributed by atoms with E-state index in [1.807, 2.05) is 6.07 Å². The highest BCUT2D eigenvalue weighted by atomic mass is 35.5. The molecule has 3 rings (SSSR count). The first kappa shape index (κ1) is 19.2. The van der Waals surface area contributed by atoms with Gasteiger partial charge in [-0.25, -0.2) is 4.79 Å². The van der Waals surface area contributed by atoms with Crippen LogP contribution in [0.4, 0.5) is 11.4 Å². The maximum atomic E-state index is 12.4. The van der Waals surface area contributed by atoms with Gasteiger partial charge in [0.2, 0.25) is 0 Å². The molecule has 0 saturated carbocycles. The molecule has 5 nitrogen and oxygen atoms in total. The minimum absolute atomic E-state index is 0.0902. The first-order valence-electron chi connectivity index (χ1n) is 9.17. The summed E-state index contributed by atoms with van der Waals surface area (Å²) in [6.07, 6.45) is 3.42. The number of benzene rings is 2. The van der Waals surface area contributed by atoms with Gasteiger partial charge in [-0.15, -0.1) is 0 Å². The highest BCUT2D eigenvalue weighted by Crippen LogP contribution is 2.28. The second-order valence-corrected chi connectivity index (χ2v) is 7.27. The van der Waals surface area contributed by atoms with E-state index < -0.39 is 5.97 Å². The van der Waals surface area contributed by atoms with Gasteiger partial charge in [0.05, 0.1) is 11.3 Å². The van der Waals surface area contributed by atoms with Gasteiger partial charge in [-0.1, -0.05) is 24.9 Å². The molecule has 0 bridgehead atoms. The van der Waals surface area contributed by atoms with E-state index in [2.05, 4.69) is 17.1 Å². The van der Waals surface area contributed by atoms with Gasteiger partial charge in [-0.05, 0) is 61.2 Å². The third-order valence-corrected chi connectivity index (χ3v) is 5.40. The van der Waals surface area contributed by atoms with Gasteiger partial charge >= 0.3 is 5.97 Å². The standard InChI is InChI=1S/C21H23ClN2O3/c1-2-14-9-11-24(12-10-14)17-7-8-19(18(13-17)21(26)27)23-20(25)15-3-5-16(22)6-4-15/h3-8,13-14H,2,9-12H2,1H3,(H,23,25)(H,26,27). The van der Waals surface area contributed by atoms with Crippen LogP contribution in [0, 0.1) is 5.92 Å². The molecule has 0 unspecified atom stereocenters. The van der Waals surface area contributed by atoms with Crippen LogP contribution in [0.25, 0.3) is 0 Å². The lowest BCUT2D eigenvalue weighted by molar-refractivity contribution is 0.0698. The van der Waals surface area contributed by atoms with Crippen LogP contribution >= 0.6 is 11.6 Å². The molecule has 1 fully saturated rings. The lowest BCUT2D eigenvalue weighted by atomic mass is 9.94. The van der Waals surface area contributed by atoms with E-state index in [1.165, 1.54) is 6.42 Å². The van der Waals surface area contributed by atoms with Gasteiger partial charge in [0.25, 0.3) is 5.91 Å². The minimum atomic E-state index is -1.06. The van der Waals surface area contributed by atoms with Crippen molar-refractivity contribution in [2.75, 3.05) is 23.3 Å². The summed E-state index contributed by atoms with van der Waals surface area (Å²) in [5.41, 5.74) is 1.68. The van der Waals surface area contributed by atoms with Crippen molar-refractivity contribution in [1.29, 1.82) is 0 Å². The zero-order chi connectivity index (χ0) is 19.4. The van der Waals surface area contributed by atoms with E-state index >= 15 is 0 Å². The molecular formula is C21H23ClN2O3. The van der Waals surface area contributed by atoms with Crippen LogP contribution in [0.15, 0.2) is 42.5 Å². The van der Waals surface area contributed by atoms with Crippen LogP contribution in [0.1, 0.15) is 46.9 Å². The summed E-state index contributed by atoms with van der Waals surface area (Å²) in [5, 5.41) is 12.8. The number of hydrogen-bond donors (Lipinski definition) is 2. The number of nitrogens with one attached hydrogen (secondary N) is 1. The summed E-state index contributed by atoms with van der Waals surface area (Å²) in [7, 11) is 0. The maximum Gasteiger partial charge on any atom is 0.337 e. The lowest BCUT2D eigenvalue weighted by Crippen LogP contribution is -2.33. The molecule has 1 saturated heterocycles. The van der Waals surface area contributed by atoms with Crippen LogP contribution in [0.2, 0.25) is 5.02 Å². The van der Waals surface area contributed by atoms with Gasteiger partial charge < -0.3 is 15.3 Å². The summed E-state index contributed by atoms with van der Waals surface area (Å²) in [6.45, 7) is 4.06. The van der Waals surface area contributed by atoms with Crippen molar-refractivity contribution in [2.45, 2.75) is 26.2 Å². The molecule has 1 amide bonds. The van der Waals surface area contributed by atoms with E-state index in [9.17, 15) is 14.7 Å². The number of nitrogens with zero attached hydrogens (tertiary/aromatic N) is 1. The van der Waals surface area contributed by atoms with Crippen LogP contribution in [-0.2, 0) is 0 Å². The Kier molecular flexibility index (Phi) is 6.01. The number of carbonyl (C=O) groups excluding carboxylic acids is 1. The number of piperidine rings is 1. The monoisotopic (exact) mass is 386 g/mol. The molecule has 1 aliphatic rings. The normalized spacial score (nSPS) is 14.8. The average Bonchev–Trinajstić information content (AvgIpc) is 2.68. The Bertz CT molecular complexity index is 828. The number of carboxylic acids is 1. The molecule has 1 aliphatic heterocycles. The topological polar surface area (TPSA) is 69.6 Å². The fraction of sp³-hybridized carbons (Fsp3) is 0.333. The van der Waals surface area contributed by atoms with Crippen molar-refractivity contribution in [1.82, 2.24) is 0 Å². The van der Waals surface area contributed by atoms with Crippen molar-refractivity contribution < 1.29 is 14.7 Å². The molecule has 0 atom stereocenters. The number of aromatic carboxylic acids is 1. The number of hydrogen-bond acceptors (Lipinski definition) is 3. The predicted octanol–water partition coefficient (Wildman–Crippen LogP) is 4.92. The first-order valence-corrected chi connectivity index (χ1v) is 9.55. The Hall–Kier alpha value is -2.53. The quantitative estimate of drug-likeness (QED) is 0.765. The second-order valence-electron chi connectivity index (χ2n) is 6.83. The fourth-order valence-corrected chi connectivity index (χ4v) is 3.54. The summed E-state index contributed by atoms with van der Waals surface area (Å²) in [6, 6.07) is 11.6.